The molecule has 0 aliphatic carbocycles. The zero-order valence-corrected chi connectivity index (χ0v) is 23.4. The van der Waals surface area contributed by atoms with Crippen LogP contribution in [0.15, 0.2) is 10.8 Å². The van der Waals surface area contributed by atoms with Gasteiger partial charge in [0.15, 0.2) is 0 Å². The summed E-state index contributed by atoms with van der Waals surface area (Å²) in [4.78, 5) is 0. The molecular weight excluding hydrogens is 513 g/mol. The van der Waals surface area contributed by atoms with E-state index < -0.39 is 23.6 Å². The summed E-state index contributed by atoms with van der Waals surface area (Å²) in [6, 6.07) is 0. The van der Waals surface area contributed by atoms with Crippen molar-refractivity contribution >= 4 is 11.3 Å². The van der Waals surface area contributed by atoms with Gasteiger partial charge < -0.3 is 0 Å². The number of alkyl halides is 7. The van der Waals surface area contributed by atoms with Crippen LogP contribution in [0, 0.1) is 0 Å². The van der Waals surface area contributed by atoms with Crippen LogP contribution in [0.4, 0.5) is 30.7 Å². The molecule has 0 spiro atoms. The van der Waals surface area contributed by atoms with Crippen molar-refractivity contribution in [3.63, 3.8) is 0 Å². The summed E-state index contributed by atoms with van der Waals surface area (Å²) in [5.74, 6) is -11.4. The maximum atomic E-state index is 14.0. The molecule has 37 heavy (non-hydrogen) atoms. The minimum atomic E-state index is -6.30. The highest BCUT2D eigenvalue weighted by molar-refractivity contribution is 7.08. The third-order valence-corrected chi connectivity index (χ3v) is 7.92. The molecule has 8 heteroatoms. The number of unbranched alkanes of at least 4 members (excludes halogenated alkanes) is 19. The first-order valence-corrected chi connectivity index (χ1v) is 15.4. The molecule has 1 heterocycles. The molecule has 0 fully saturated rings. The first kappa shape index (κ1) is 34.2. The predicted molar refractivity (Wildman–Crippen MR) is 141 cm³/mol. The zero-order chi connectivity index (χ0) is 27.6. The van der Waals surface area contributed by atoms with Crippen LogP contribution >= 0.6 is 11.3 Å². The molecule has 218 valence electrons. The number of halogens is 7. The Morgan fingerprint density at radius 2 is 0.865 bits per heavy atom. The Hall–Kier alpha value is -0.790. The third kappa shape index (κ3) is 12.7. The fourth-order valence-corrected chi connectivity index (χ4v) is 5.62. The molecule has 0 atom stereocenters. The van der Waals surface area contributed by atoms with E-state index in [1.54, 1.807) is 0 Å². The van der Waals surface area contributed by atoms with E-state index >= 15 is 0 Å². The van der Waals surface area contributed by atoms with Crippen molar-refractivity contribution in [2.24, 2.45) is 0 Å². The second-order valence-electron chi connectivity index (χ2n) is 10.4. The largest absolute Gasteiger partial charge is 0.460 e. The van der Waals surface area contributed by atoms with Crippen LogP contribution in [-0.2, 0) is 12.3 Å². The van der Waals surface area contributed by atoms with Crippen LogP contribution in [0.5, 0.6) is 0 Å². The zero-order valence-electron chi connectivity index (χ0n) is 22.6. The smallest absolute Gasteiger partial charge is 0.194 e. The highest BCUT2D eigenvalue weighted by Crippen LogP contribution is 2.53. The molecule has 0 amide bonds. The van der Waals surface area contributed by atoms with Crippen molar-refractivity contribution in [3.05, 3.63) is 21.9 Å². The Balaban J connectivity index is 2.01. The Labute approximate surface area is 223 Å². The van der Waals surface area contributed by atoms with Crippen molar-refractivity contribution in [2.45, 2.75) is 160 Å². The molecule has 0 aliphatic rings. The molecule has 0 saturated heterocycles. The maximum absolute atomic E-state index is 14.0. The summed E-state index contributed by atoms with van der Waals surface area (Å²) in [7, 11) is 0. The lowest BCUT2D eigenvalue weighted by atomic mass is 9.97. The third-order valence-electron chi connectivity index (χ3n) is 7.13. The Morgan fingerprint density at radius 3 is 1.22 bits per heavy atom. The number of thiophene rings is 1. The summed E-state index contributed by atoms with van der Waals surface area (Å²) in [6.45, 7) is 2.25. The summed E-state index contributed by atoms with van der Waals surface area (Å²) in [5.41, 5.74) is -1.31. The lowest BCUT2D eigenvalue weighted by Gasteiger charge is -2.28. The second-order valence-corrected chi connectivity index (χ2v) is 11.2. The van der Waals surface area contributed by atoms with Gasteiger partial charge in [0.1, 0.15) is 0 Å². The van der Waals surface area contributed by atoms with Gasteiger partial charge in [-0.2, -0.15) is 42.1 Å². The first-order valence-electron chi connectivity index (χ1n) is 14.4. The van der Waals surface area contributed by atoms with Gasteiger partial charge in [-0.3, -0.25) is 0 Å². The van der Waals surface area contributed by atoms with E-state index in [1.807, 2.05) is 0 Å². The number of hydrogen-bond donors (Lipinski definition) is 0. The van der Waals surface area contributed by atoms with E-state index in [0.29, 0.717) is 11.8 Å². The first-order chi connectivity index (χ1) is 17.6. The van der Waals surface area contributed by atoms with Gasteiger partial charge in [-0.05, 0) is 23.8 Å². The van der Waals surface area contributed by atoms with Crippen molar-refractivity contribution in [3.8, 4) is 0 Å². The minimum Gasteiger partial charge on any atom is -0.194 e. The monoisotopic (exact) mass is 560 g/mol. The van der Waals surface area contributed by atoms with E-state index in [1.165, 1.54) is 102 Å². The molecule has 0 aliphatic heterocycles. The van der Waals surface area contributed by atoms with Gasteiger partial charge >= 0.3 is 18.0 Å². The average Bonchev–Trinajstić information content (AvgIpc) is 3.31. The van der Waals surface area contributed by atoms with Gasteiger partial charge in [0.25, 0.3) is 0 Å². The SMILES string of the molecule is CCCCCCCCCCCCCCCCCCCCCCc1cscc1C(F)(F)C(F)(F)C(F)(F)F. The summed E-state index contributed by atoms with van der Waals surface area (Å²) in [6.07, 6.45) is 18.0. The van der Waals surface area contributed by atoms with Gasteiger partial charge in [0.2, 0.25) is 0 Å². The Morgan fingerprint density at radius 1 is 0.514 bits per heavy atom. The summed E-state index contributed by atoms with van der Waals surface area (Å²) in [5, 5.41) is 1.97. The molecular formula is C29H47F7S. The van der Waals surface area contributed by atoms with E-state index in [0.717, 1.165) is 37.0 Å². The highest BCUT2D eigenvalue weighted by Gasteiger charge is 2.73. The lowest BCUT2D eigenvalue weighted by Crippen LogP contribution is -2.50. The van der Waals surface area contributed by atoms with Gasteiger partial charge in [-0.25, -0.2) is 0 Å². The highest BCUT2D eigenvalue weighted by atomic mass is 32.1. The van der Waals surface area contributed by atoms with Crippen molar-refractivity contribution in [1.29, 1.82) is 0 Å². The molecule has 0 saturated carbocycles. The fourth-order valence-electron chi connectivity index (χ4n) is 4.71. The molecule has 1 aromatic heterocycles. The van der Waals surface area contributed by atoms with Crippen molar-refractivity contribution in [2.75, 3.05) is 0 Å². The van der Waals surface area contributed by atoms with E-state index in [4.69, 9.17) is 0 Å². The molecule has 0 nitrogen and oxygen atoms in total. The molecule has 0 radical (unpaired) electrons. The number of hydrogen-bond acceptors (Lipinski definition) is 1. The Kier molecular flexibility index (Phi) is 17.1. The fraction of sp³-hybridized carbons (Fsp3) is 0.862. The molecule has 0 bridgehead atoms. The molecule has 0 N–H and O–H groups in total. The number of rotatable bonds is 23. The summed E-state index contributed by atoms with van der Waals surface area (Å²) >= 11 is 0.730. The standard InChI is InChI=1S/C29H47F7S/c1-2-3-4-5-6-7-8-9-10-11-12-13-14-15-16-17-18-19-20-21-22-25-23-37-24-26(25)27(30,31)28(32,33)29(34,35)36/h23-24H,2-22H2,1H3. The quantitative estimate of drug-likeness (QED) is 0.0922. The summed E-state index contributed by atoms with van der Waals surface area (Å²) < 4.78 is 92.2. The Bertz CT molecular complexity index is 682. The molecule has 1 rings (SSSR count). The van der Waals surface area contributed by atoms with Crippen LogP contribution in [0.25, 0.3) is 0 Å². The van der Waals surface area contributed by atoms with Crippen molar-refractivity contribution in [1.82, 2.24) is 0 Å². The van der Waals surface area contributed by atoms with Crippen LogP contribution in [-0.4, -0.2) is 12.1 Å². The van der Waals surface area contributed by atoms with Gasteiger partial charge in [-0.15, -0.1) is 0 Å². The van der Waals surface area contributed by atoms with Gasteiger partial charge in [0, 0.05) is 10.9 Å². The van der Waals surface area contributed by atoms with Crippen LogP contribution in [0.3, 0.4) is 0 Å². The minimum absolute atomic E-state index is 0.0846. The van der Waals surface area contributed by atoms with E-state index in [9.17, 15) is 30.7 Å². The topological polar surface area (TPSA) is 0 Å². The van der Waals surface area contributed by atoms with Crippen molar-refractivity contribution < 1.29 is 30.7 Å². The van der Waals surface area contributed by atoms with Crippen LogP contribution in [0.1, 0.15) is 146 Å². The second kappa shape index (κ2) is 18.5. The number of aryl methyl sites for hydroxylation is 1. The lowest BCUT2D eigenvalue weighted by molar-refractivity contribution is -0.359. The van der Waals surface area contributed by atoms with Gasteiger partial charge in [0.05, 0.1) is 0 Å². The van der Waals surface area contributed by atoms with E-state index in [-0.39, 0.29) is 12.0 Å². The van der Waals surface area contributed by atoms with Gasteiger partial charge in [-0.1, -0.05) is 129 Å². The normalized spacial score (nSPS) is 13.0. The maximum Gasteiger partial charge on any atom is 0.460 e. The van der Waals surface area contributed by atoms with Crippen LogP contribution < -0.4 is 0 Å². The molecule has 0 aromatic carbocycles. The molecule has 0 unspecified atom stereocenters. The molecule has 1 aromatic rings. The average molecular weight is 561 g/mol. The van der Waals surface area contributed by atoms with Crippen LogP contribution in [0.2, 0.25) is 0 Å². The predicted octanol–water partition coefficient (Wildman–Crippen LogP) is 12.4. The van der Waals surface area contributed by atoms with E-state index in [2.05, 4.69) is 6.92 Å².